The predicted molar refractivity (Wildman–Crippen MR) is 95.9 cm³/mol. The molecule has 1 N–H and O–H groups in total. The minimum absolute atomic E-state index is 0.137. The summed E-state index contributed by atoms with van der Waals surface area (Å²) >= 11 is 1.57. The highest BCUT2D eigenvalue weighted by atomic mass is 32.1. The molecule has 0 saturated carbocycles. The zero-order chi connectivity index (χ0) is 17.1. The van der Waals surface area contributed by atoms with Gasteiger partial charge in [0, 0.05) is 35.0 Å². The maximum atomic E-state index is 12.4. The minimum atomic E-state index is -0.137. The number of ether oxygens (including phenoxy) is 1. The highest BCUT2D eigenvalue weighted by Crippen LogP contribution is 2.27. The Balaban J connectivity index is 1.87. The molecule has 1 aromatic carbocycles. The highest BCUT2D eigenvalue weighted by molar-refractivity contribution is 7.09. The molecule has 3 rings (SSSR count). The number of carbonyl (C=O) groups is 1. The fourth-order valence-corrected chi connectivity index (χ4v) is 3.34. The highest BCUT2D eigenvalue weighted by Gasteiger charge is 2.15. The molecule has 0 aliphatic rings. The van der Waals surface area contributed by atoms with Gasteiger partial charge in [0.2, 0.25) is 0 Å². The minimum Gasteiger partial charge on any atom is -0.378 e. The van der Waals surface area contributed by atoms with Crippen LogP contribution in [-0.2, 0) is 11.3 Å². The number of nitrogens with zero attached hydrogens (tertiary/aromatic N) is 2. The lowest BCUT2D eigenvalue weighted by Crippen LogP contribution is -2.24. The second-order valence-corrected chi connectivity index (χ2v) is 6.43. The summed E-state index contributed by atoms with van der Waals surface area (Å²) in [6, 6.07) is 11.2. The molecule has 2 heterocycles. The van der Waals surface area contributed by atoms with Crippen molar-refractivity contribution >= 4 is 17.2 Å². The average Bonchev–Trinajstić information content (AvgIpc) is 3.15. The molecule has 24 heavy (non-hydrogen) atoms. The molecule has 1 amide bonds. The van der Waals surface area contributed by atoms with Crippen molar-refractivity contribution in [2.45, 2.75) is 20.5 Å². The molecular formula is C18H19N3O2S. The molecule has 0 aliphatic heterocycles. The van der Waals surface area contributed by atoms with Crippen LogP contribution in [0.15, 0.2) is 41.8 Å². The molecule has 0 radical (unpaired) electrons. The molecule has 3 aromatic rings. The Morgan fingerprint density at radius 3 is 2.75 bits per heavy atom. The third-order valence-electron chi connectivity index (χ3n) is 3.78. The van der Waals surface area contributed by atoms with Crippen molar-refractivity contribution in [1.29, 1.82) is 0 Å². The molecule has 2 aromatic heterocycles. The monoisotopic (exact) mass is 341 g/mol. The number of aryl methyl sites for hydroxylation is 1. The maximum Gasteiger partial charge on any atom is 0.270 e. The lowest BCUT2D eigenvalue weighted by atomic mass is 10.2. The van der Waals surface area contributed by atoms with Crippen molar-refractivity contribution in [3.63, 3.8) is 0 Å². The number of rotatable bonds is 5. The van der Waals surface area contributed by atoms with E-state index in [0.29, 0.717) is 12.2 Å². The number of benzene rings is 1. The molecule has 124 valence electrons. The Morgan fingerprint density at radius 2 is 2.04 bits per heavy atom. The SMILES string of the molecule is COCc1nc(-c2cc(C)n(NC(=O)c3ccccc3)c2C)cs1. The van der Waals surface area contributed by atoms with E-state index in [-0.39, 0.29) is 5.91 Å². The fraction of sp³-hybridized carbons (Fsp3) is 0.222. The molecule has 0 bridgehead atoms. The van der Waals surface area contributed by atoms with Gasteiger partial charge in [-0.25, -0.2) is 4.98 Å². The van der Waals surface area contributed by atoms with Gasteiger partial charge < -0.3 is 4.74 Å². The van der Waals surface area contributed by atoms with E-state index in [9.17, 15) is 4.79 Å². The normalized spacial score (nSPS) is 10.8. The number of carbonyl (C=O) groups excluding carboxylic acids is 1. The van der Waals surface area contributed by atoms with Crippen LogP contribution in [0.5, 0.6) is 0 Å². The Bertz CT molecular complexity index is 853. The standard InChI is InChI=1S/C18H19N3O2S/c1-12-9-15(16-11-24-17(19-16)10-23-3)13(2)21(12)20-18(22)14-7-5-4-6-8-14/h4-9,11H,10H2,1-3H3,(H,20,22). The van der Waals surface area contributed by atoms with Gasteiger partial charge in [0.1, 0.15) is 5.01 Å². The van der Waals surface area contributed by atoms with Gasteiger partial charge in [-0.05, 0) is 32.0 Å². The number of amides is 1. The van der Waals surface area contributed by atoms with Crippen molar-refractivity contribution in [3.05, 3.63) is 63.7 Å². The number of hydrogen-bond acceptors (Lipinski definition) is 4. The Labute approximate surface area is 144 Å². The fourth-order valence-electron chi connectivity index (χ4n) is 2.57. The van der Waals surface area contributed by atoms with E-state index in [4.69, 9.17) is 4.74 Å². The quantitative estimate of drug-likeness (QED) is 0.769. The summed E-state index contributed by atoms with van der Waals surface area (Å²) in [5, 5.41) is 2.95. The number of nitrogens with one attached hydrogen (secondary N) is 1. The lowest BCUT2D eigenvalue weighted by molar-refractivity contribution is 0.101. The molecule has 0 fully saturated rings. The van der Waals surface area contributed by atoms with Crippen LogP contribution in [0.4, 0.5) is 0 Å². The number of hydrogen-bond donors (Lipinski definition) is 1. The molecule has 6 heteroatoms. The largest absolute Gasteiger partial charge is 0.378 e. The van der Waals surface area contributed by atoms with E-state index in [2.05, 4.69) is 10.4 Å². The van der Waals surface area contributed by atoms with Crippen LogP contribution in [0.1, 0.15) is 26.8 Å². The van der Waals surface area contributed by atoms with Gasteiger partial charge in [-0.3, -0.25) is 14.9 Å². The molecule has 0 atom stereocenters. The van der Waals surface area contributed by atoms with E-state index in [1.165, 1.54) is 0 Å². The molecule has 0 saturated heterocycles. The first-order valence-electron chi connectivity index (χ1n) is 7.59. The first-order chi connectivity index (χ1) is 11.6. The molecule has 0 spiro atoms. The smallest absolute Gasteiger partial charge is 0.270 e. The maximum absolute atomic E-state index is 12.4. The summed E-state index contributed by atoms with van der Waals surface area (Å²) < 4.78 is 6.93. The van der Waals surface area contributed by atoms with Gasteiger partial charge in [0.25, 0.3) is 5.91 Å². The number of thiazole rings is 1. The number of aromatic nitrogens is 2. The van der Waals surface area contributed by atoms with Crippen LogP contribution in [0.2, 0.25) is 0 Å². The summed E-state index contributed by atoms with van der Waals surface area (Å²) in [7, 11) is 1.66. The van der Waals surface area contributed by atoms with E-state index < -0.39 is 0 Å². The Hall–Kier alpha value is -2.44. The van der Waals surface area contributed by atoms with Gasteiger partial charge >= 0.3 is 0 Å². The van der Waals surface area contributed by atoms with Crippen molar-refractivity contribution < 1.29 is 9.53 Å². The van der Waals surface area contributed by atoms with Gasteiger partial charge in [-0.15, -0.1) is 11.3 Å². The van der Waals surface area contributed by atoms with E-state index >= 15 is 0 Å². The second kappa shape index (κ2) is 6.98. The molecular weight excluding hydrogens is 322 g/mol. The van der Waals surface area contributed by atoms with E-state index in [0.717, 1.165) is 27.7 Å². The second-order valence-electron chi connectivity index (χ2n) is 5.49. The summed E-state index contributed by atoms with van der Waals surface area (Å²) in [5.41, 5.74) is 7.39. The third kappa shape index (κ3) is 3.25. The average molecular weight is 341 g/mol. The molecule has 0 unspecified atom stereocenters. The first-order valence-corrected chi connectivity index (χ1v) is 8.47. The van der Waals surface area contributed by atoms with Crippen molar-refractivity contribution in [2.24, 2.45) is 0 Å². The summed E-state index contributed by atoms with van der Waals surface area (Å²) in [4.78, 5) is 17.0. The first kappa shape index (κ1) is 16.4. The van der Waals surface area contributed by atoms with E-state index in [1.54, 1.807) is 35.3 Å². The van der Waals surface area contributed by atoms with Gasteiger partial charge in [-0.2, -0.15) is 0 Å². The molecule has 0 aliphatic carbocycles. The zero-order valence-electron chi connectivity index (χ0n) is 13.9. The Morgan fingerprint density at radius 1 is 1.29 bits per heavy atom. The van der Waals surface area contributed by atoms with Crippen LogP contribution < -0.4 is 5.43 Å². The summed E-state index contributed by atoms with van der Waals surface area (Å²) in [6.45, 7) is 4.45. The van der Waals surface area contributed by atoms with Crippen molar-refractivity contribution in [2.75, 3.05) is 12.5 Å². The Kier molecular flexibility index (Phi) is 4.78. The van der Waals surface area contributed by atoms with Gasteiger partial charge in [0.15, 0.2) is 0 Å². The zero-order valence-corrected chi connectivity index (χ0v) is 14.7. The van der Waals surface area contributed by atoms with Gasteiger partial charge in [0.05, 0.1) is 12.3 Å². The van der Waals surface area contributed by atoms with Crippen LogP contribution in [0.25, 0.3) is 11.3 Å². The molecule has 5 nitrogen and oxygen atoms in total. The van der Waals surface area contributed by atoms with Crippen molar-refractivity contribution in [3.8, 4) is 11.3 Å². The van der Waals surface area contributed by atoms with E-state index in [1.807, 2.05) is 43.5 Å². The van der Waals surface area contributed by atoms with Gasteiger partial charge in [-0.1, -0.05) is 18.2 Å². The third-order valence-corrected chi connectivity index (χ3v) is 4.60. The van der Waals surface area contributed by atoms with Crippen LogP contribution in [0.3, 0.4) is 0 Å². The number of methoxy groups -OCH3 is 1. The van der Waals surface area contributed by atoms with Crippen LogP contribution in [0, 0.1) is 13.8 Å². The van der Waals surface area contributed by atoms with Crippen LogP contribution in [-0.4, -0.2) is 22.7 Å². The van der Waals surface area contributed by atoms with Crippen LogP contribution >= 0.6 is 11.3 Å². The summed E-state index contributed by atoms with van der Waals surface area (Å²) in [6.07, 6.45) is 0. The summed E-state index contributed by atoms with van der Waals surface area (Å²) in [5.74, 6) is -0.137. The topological polar surface area (TPSA) is 56.1 Å². The van der Waals surface area contributed by atoms with Crippen molar-refractivity contribution in [1.82, 2.24) is 9.66 Å². The lowest BCUT2D eigenvalue weighted by Gasteiger charge is -2.11. The predicted octanol–water partition coefficient (Wildman–Crippen LogP) is 3.76.